The Morgan fingerprint density at radius 1 is 1.36 bits per heavy atom. The summed E-state index contributed by atoms with van der Waals surface area (Å²) in [6, 6.07) is 8.75. The number of hydrogen-bond acceptors (Lipinski definition) is 2. The Morgan fingerprint density at radius 3 is 2.92 bits per heavy atom. The van der Waals surface area contributed by atoms with Crippen molar-refractivity contribution in [3.8, 4) is 0 Å². The first-order valence-corrected chi connectivity index (χ1v) is 8.76. The molecular weight excluding hydrogens is 425 g/mol. The first-order valence-electron chi connectivity index (χ1n) is 8.76. The van der Waals surface area contributed by atoms with Gasteiger partial charge in [-0.2, -0.15) is 5.10 Å². The summed E-state index contributed by atoms with van der Waals surface area (Å²) in [5.74, 6) is 2.21. The van der Waals surface area contributed by atoms with Crippen molar-refractivity contribution in [2.75, 3.05) is 26.7 Å². The summed E-state index contributed by atoms with van der Waals surface area (Å²) in [6.45, 7) is 3.05. The molecule has 2 heterocycles. The molecule has 2 unspecified atom stereocenters. The van der Waals surface area contributed by atoms with Gasteiger partial charge in [0.05, 0.1) is 6.20 Å². The highest BCUT2D eigenvalue weighted by molar-refractivity contribution is 14.0. The summed E-state index contributed by atoms with van der Waals surface area (Å²) in [4.78, 5) is 6.88. The monoisotopic (exact) mass is 451 g/mol. The van der Waals surface area contributed by atoms with Gasteiger partial charge in [-0.15, -0.1) is 24.0 Å². The molecule has 1 aromatic carbocycles. The molecule has 2 aromatic rings. The van der Waals surface area contributed by atoms with E-state index in [9.17, 15) is 0 Å². The van der Waals surface area contributed by atoms with Crippen molar-refractivity contribution in [1.29, 1.82) is 0 Å². The molecule has 6 heteroatoms. The Labute approximate surface area is 166 Å². The second kappa shape index (κ2) is 7.76. The van der Waals surface area contributed by atoms with Gasteiger partial charge in [-0.05, 0) is 29.5 Å². The first kappa shape index (κ1) is 18.2. The van der Waals surface area contributed by atoms with Gasteiger partial charge in [-0.1, -0.05) is 24.3 Å². The van der Waals surface area contributed by atoms with E-state index in [0.717, 1.165) is 25.6 Å². The van der Waals surface area contributed by atoms with E-state index in [1.165, 1.54) is 29.5 Å². The fraction of sp³-hybridized carbons (Fsp3) is 0.474. The smallest absolute Gasteiger partial charge is 0.193 e. The standard InChI is InChI=1S/C19H25N5.HI/c1-20-19(21-10-16-9-14-5-3-4-6-18(14)16)24-8-7-15(13-24)17-11-22-23(2)12-17;/h3-6,11-12,15-16H,7-10,13H2,1-2H3,(H,20,21);1H. The third-order valence-electron chi connectivity index (χ3n) is 5.36. The number of aryl methyl sites for hydroxylation is 1. The maximum absolute atomic E-state index is 4.50. The molecule has 1 N–H and O–H groups in total. The highest BCUT2D eigenvalue weighted by Gasteiger charge is 2.29. The Bertz CT molecular complexity index is 754. The average molecular weight is 451 g/mol. The number of nitrogens with one attached hydrogen (secondary N) is 1. The minimum Gasteiger partial charge on any atom is -0.356 e. The van der Waals surface area contributed by atoms with E-state index in [2.05, 4.69) is 50.8 Å². The predicted molar refractivity (Wildman–Crippen MR) is 112 cm³/mol. The molecule has 5 nitrogen and oxygen atoms in total. The lowest BCUT2D eigenvalue weighted by atomic mass is 9.78. The largest absolute Gasteiger partial charge is 0.356 e. The van der Waals surface area contributed by atoms with E-state index in [-0.39, 0.29) is 24.0 Å². The Hall–Kier alpha value is -1.57. The van der Waals surface area contributed by atoms with Crippen LogP contribution in [0, 0.1) is 0 Å². The topological polar surface area (TPSA) is 45.5 Å². The third-order valence-corrected chi connectivity index (χ3v) is 5.36. The number of nitrogens with zero attached hydrogens (tertiary/aromatic N) is 4. The lowest BCUT2D eigenvalue weighted by Crippen LogP contribution is -2.43. The Kier molecular flexibility index (Phi) is 5.66. The van der Waals surface area contributed by atoms with Crippen LogP contribution in [0.4, 0.5) is 0 Å². The lowest BCUT2D eigenvalue weighted by Gasteiger charge is -2.32. The van der Waals surface area contributed by atoms with Gasteiger partial charge in [0.25, 0.3) is 0 Å². The van der Waals surface area contributed by atoms with Crippen molar-refractivity contribution in [3.05, 3.63) is 53.3 Å². The number of aliphatic imine (C=N–C) groups is 1. The summed E-state index contributed by atoms with van der Waals surface area (Å²) in [6.07, 6.45) is 6.47. The highest BCUT2D eigenvalue weighted by Crippen LogP contribution is 2.34. The Balaban J connectivity index is 0.00000182. The molecule has 1 saturated heterocycles. The summed E-state index contributed by atoms with van der Waals surface area (Å²) in [5.41, 5.74) is 4.33. The van der Waals surface area contributed by atoms with Crippen LogP contribution in [-0.4, -0.2) is 47.3 Å². The number of guanidine groups is 1. The third kappa shape index (κ3) is 3.68. The van der Waals surface area contributed by atoms with Gasteiger partial charge < -0.3 is 10.2 Å². The van der Waals surface area contributed by atoms with E-state index in [4.69, 9.17) is 0 Å². The van der Waals surface area contributed by atoms with Gasteiger partial charge in [-0.25, -0.2) is 0 Å². The molecule has 0 spiro atoms. The maximum Gasteiger partial charge on any atom is 0.193 e. The molecule has 0 radical (unpaired) electrons. The molecule has 1 aliphatic heterocycles. The number of fused-ring (bicyclic) bond motifs is 1. The SMILES string of the molecule is CN=C(NCC1Cc2ccccc21)N1CCC(c2cnn(C)c2)C1.I. The number of aromatic nitrogens is 2. The van der Waals surface area contributed by atoms with E-state index in [0.29, 0.717) is 11.8 Å². The minimum atomic E-state index is 0. The summed E-state index contributed by atoms with van der Waals surface area (Å²) < 4.78 is 1.89. The van der Waals surface area contributed by atoms with E-state index in [1.807, 2.05) is 25.0 Å². The van der Waals surface area contributed by atoms with Gasteiger partial charge in [0.1, 0.15) is 0 Å². The van der Waals surface area contributed by atoms with Crippen LogP contribution in [0.2, 0.25) is 0 Å². The molecular formula is C19H26IN5. The van der Waals surface area contributed by atoms with Gasteiger partial charge in [0.2, 0.25) is 0 Å². The van der Waals surface area contributed by atoms with E-state index < -0.39 is 0 Å². The second-order valence-corrected chi connectivity index (χ2v) is 6.91. The molecule has 4 rings (SSSR count). The van der Waals surface area contributed by atoms with Crippen LogP contribution < -0.4 is 5.32 Å². The van der Waals surface area contributed by atoms with Crippen LogP contribution >= 0.6 is 24.0 Å². The van der Waals surface area contributed by atoms with Gasteiger partial charge in [0.15, 0.2) is 5.96 Å². The van der Waals surface area contributed by atoms with Crippen LogP contribution in [0.15, 0.2) is 41.7 Å². The zero-order valence-electron chi connectivity index (χ0n) is 14.9. The van der Waals surface area contributed by atoms with Crippen molar-refractivity contribution in [2.45, 2.75) is 24.7 Å². The molecule has 25 heavy (non-hydrogen) atoms. The quantitative estimate of drug-likeness (QED) is 0.444. The number of likely N-dealkylation sites (tertiary alicyclic amines) is 1. The summed E-state index contributed by atoms with van der Waals surface area (Å²) >= 11 is 0. The minimum absolute atomic E-state index is 0. The van der Waals surface area contributed by atoms with Crippen molar-refractivity contribution >= 4 is 29.9 Å². The first-order chi connectivity index (χ1) is 11.7. The number of halogens is 1. The number of hydrogen-bond donors (Lipinski definition) is 1. The fourth-order valence-electron chi connectivity index (χ4n) is 3.97. The van der Waals surface area contributed by atoms with E-state index >= 15 is 0 Å². The predicted octanol–water partition coefficient (Wildman–Crippen LogP) is 2.74. The van der Waals surface area contributed by atoms with Crippen LogP contribution in [0.3, 0.4) is 0 Å². The highest BCUT2D eigenvalue weighted by atomic mass is 127. The van der Waals surface area contributed by atoms with Gasteiger partial charge in [0, 0.05) is 51.8 Å². The van der Waals surface area contributed by atoms with Crippen LogP contribution in [-0.2, 0) is 13.5 Å². The lowest BCUT2D eigenvalue weighted by molar-refractivity contribution is 0.474. The van der Waals surface area contributed by atoms with Crippen molar-refractivity contribution in [3.63, 3.8) is 0 Å². The van der Waals surface area contributed by atoms with Crippen LogP contribution in [0.25, 0.3) is 0 Å². The fourth-order valence-corrected chi connectivity index (χ4v) is 3.97. The molecule has 0 saturated carbocycles. The van der Waals surface area contributed by atoms with Gasteiger partial charge >= 0.3 is 0 Å². The molecule has 1 fully saturated rings. The Morgan fingerprint density at radius 2 is 2.20 bits per heavy atom. The van der Waals surface area contributed by atoms with Crippen molar-refractivity contribution in [2.24, 2.45) is 12.0 Å². The maximum atomic E-state index is 4.50. The second-order valence-electron chi connectivity index (χ2n) is 6.91. The number of rotatable bonds is 3. The molecule has 134 valence electrons. The molecule has 1 aromatic heterocycles. The van der Waals surface area contributed by atoms with Crippen molar-refractivity contribution in [1.82, 2.24) is 20.0 Å². The molecule has 0 bridgehead atoms. The average Bonchev–Trinajstić information content (AvgIpc) is 3.21. The zero-order chi connectivity index (χ0) is 16.5. The normalized spacial score (nSPS) is 22.2. The summed E-state index contributed by atoms with van der Waals surface area (Å²) in [5, 5.41) is 7.89. The molecule has 1 aliphatic carbocycles. The summed E-state index contributed by atoms with van der Waals surface area (Å²) in [7, 11) is 3.86. The molecule has 2 aliphatic rings. The van der Waals surface area contributed by atoms with Crippen LogP contribution in [0.5, 0.6) is 0 Å². The van der Waals surface area contributed by atoms with Crippen LogP contribution in [0.1, 0.15) is 34.9 Å². The zero-order valence-corrected chi connectivity index (χ0v) is 17.2. The van der Waals surface area contributed by atoms with Crippen molar-refractivity contribution < 1.29 is 0 Å². The molecule has 2 atom stereocenters. The van der Waals surface area contributed by atoms with Gasteiger partial charge in [-0.3, -0.25) is 9.67 Å². The number of benzene rings is 1. The molecule has 0 amide bonds. The van der Waals surface area contributed by atoms with E-state index in [1.54, 1.807) is 0 Å².